The molecule has 0 fully saturated rings. The molecule has 0 saturated carbocycles. The van der Waals surface area contributed by atoms with Crippen molar-refractivity contribution in [2.75, 3.05) is 0 Å². The van der Waals surface area contributed by atoms with Gasteiger partial charge in [-0.05, 0) is 0 Å². The first kappa shape index (κ1) is 11.3. The zero-order valence-corrected chi connectivity index (χ0v) is 10.5. The number of nitrogens with zero attached hydrogens (tertiary/aromatic N) is 1. The molecule has 16 heavy (non-hydrogen) atoms. The third kappa shape index (κ3) is 3.17. The molecule has 82 valence electrons. The quantitative estimate of drug-likeness (QED) is 0.861. The van der Waals surface area contributed by atoms with E-state index in [2.05, 4.69) is 4.98 Å². The third-order valence-corrected chi connectivity index (χ3v) is 4.35. The first-order valence-corrected chi connectivity index (χ1v) is 7.20. The van der Waals surface area contributed by atoms with E-state index in [-0.39, 0.29) is 21.1 Å². The van der Waals surface area contributed by atoms with E-state index in [4.69, 9.17) is 0 Å². The molecule has 3 heteroatoms. The molecule has 1 heterocycles. The molecular weight excluding hydrogens is 265 g/mol. The normalized spacial score (nSPS) is 12.3. The zero-order chi connectivity index (χ0) is 11.2. The van der Waals surface area contributed by atoms with Crippen molar-refractivity contribution in [3.05, 3.63) is 60.3 Å². The summed E-state index contributed by atoms with van der Waals surface area (Å²) in [7, 11) is 0. The van der Waals surface area contributed by atoms with E-state index < -0.39 is 0 Å². The third-order valence-electron chi connectivity index (χ3n) is 2.21. The SMILES string of the molecule is O[C@@H](C[Se]c1ccccn1)c1ccccc1. The molecule has 0 bridgehead atoms. The van der Waals surface area contributed by atoms with Crippen molar-refractivity contribution >= 4 is 19.5 Å². The molecule has 1 aromatic carbocycles. The van der Waals surface area contributed by atoms with Crippen LogP contribution in [0.3, 0.4) is 0 Å². The maximum absolute atomic E-state index is 9.97. The van der Waals surface area contributed by atoms with Gasteiger partial charge in [0.25, 0.3) is 0 Å². The summed E-state index contributed by atoms with van der Waals surface area (Å²) in [6.07, 6.45) is 1.43. The second-order valence-electron chi connectivity index (χ2n) is 3.41. The molecule has 1 N–H and O–H groups in total. The van der Waals surface area contributed by atoms with Crippen LogP contribution in [0.2, 0.25) is 5.32 Å². The average molecular weight is 278 g/mol. The van der Waals surface area contributed by atoms with Gasteiger partial charge in [0.05, 0.1) is 0 Å². The zero-order valence-electron chi connectivity index (χ0n) is 8.78. The van der Waals surface area contributed by atoms with E-state index in [1.807, 2.05) is 48.5 Å². The van der Waals surface area contributed by atoms with Crippen LogP contribution in [0, 0.1) is 0 Å². The van der Waals surface area contributed by atoms with Crippen LogP contribution in [0.4, 0.5) is 0 Å². The van der Waals surface area contributed by atoms with Crippen LogP contribution in [-0.4, -0.2) is 25.0 Å². The van der Waals surface area contributed by atoms with Crippen molar-refractivity contribution in [3.63, 3.8) is 0 Å². The topological polar surface area (TPSA) is 33.1 Å². The Hall–Kier alpha value is -1.15. The standard InChI is InChI=1S/C13H13NOSe/c15-12(11-6-2-1-3-7-11)10-16-13-8-4-5-9-14-13/h1-9,12,15H,10H2/t12-/m0/s1. The molecule has 1 aromatic heterocycles. The summed E-state index contributed by atoms with van der Waals surface area (Å²) < 4.78 is 1.09. The van der Waals surface area contributed by atoms with E-state index in [9.17, 15) is 5.11 Å². The van der Waals surface area contributed by atoms with Crippen LogP contribution in [0.25, 0.3) is 0 Å². The summed E-state index contributed by atoms with van der Waals surface area (Å²) in [5.74, 6) is 0. The van der Waals surface area contributed by atoms with Crippen LogP contribution in [0.1, 0.15) is 11.7 Å². The Labute approximate surface area is 102 Å². The Balaban J connectivity index is 1.92. The first-order valence-electron chi connectivity index (χ1n) is 5.13. The number of rotatable bonds is 4. The fourth-order valence-electron chi connectivity index (χ4n) is 1.37. The Kier molecular flexibility index (Phi) is 4.11. The van der Waals surface area contributed by atoms with Gasteiger partial charge in [0, 0.05) is 0 Å². The second kappa shape index (κ2) is 5.80. The molecule has 0 spiro atoms. The number of hydrogen-bond donors (Lipinski definition) is 1. The van der Waals surface area contributed by atoms with E-state index >= 15 is 0 Å². The van der Waals surface area contributed by atoms with E-state index in [0.717, 1.165) is 15.5 Å². The molecule has 0 unspecified atom stereocenters. The molecule has 1 atom stereocenters. The summed E-state index contributed by atoms with van der Waals surface area (Å²) >= 11 is 0.233. The molecule has 2 nitrogen and oxygen atoms in total. The minimum absolute atomic E-state index is 0.233. The van der Waals surface area contributed by atoms with Crippen molar-refractivity contribution < 1.29 is 5.11 Å². The van der Waals surface area contributed by atoms with Crippen molar-refractivity contribution in [1.29, 1.82) is 0 Å². The van der Waals surface area contributed by atoms with Crippen molar-refractivity contribution in [1.82, 2.24) is 4.98 Å². The van der Waals surface area contributed by atoms with Crippen molar-refractivity contribution in [2.45, 2.75) is 11.4 Å². The Bertz CT molecular complexity index is 418. The van der Waals surface area contributed by atoms with Crippen LogP contribution in [0.15, 0.2) is 54.7 Å². The van der Waals surface area contributed by atoms with Gasteiger partial charge in [0.15, 0.2) is 0 Å². The summed E-state index contributed by atoms with van der Waals surface area (Å²) in [6, 6.07) is 15.7. The Morgan fingerprint density at radius 2 is 1.81 bits per heavy atom. The van der Waals surface area contributed by atoms with E-state index in [0.29, 0.717) is 0 Å². The van der Waals surface area contributed by atoms with Crippen LogP contribution in [-0.2, 0) is 0 Å². The van der Waals surface area contributed by atoms with Crippen molar-refractivity contribution in [3.8, 4) is 0 Å². The van der Waals surface area contributed by atoms with E-state index in [1.54, 1.807) is 6.20 Å². The maximum atomic E-state index is 9.97. The Morgan fingerprint density at radius 1 is 1.06 bits per heavy atom. The predicted octanol–water partition coefficient (Wildman–Crippen LogP) is 1.56. The molecule has 0 amide bonds. The number of benzene rings is 1. The van der Waals surface area contributed by atoms with Gasteiger partial charge >= 0.3 is 101 Å². The van der Waals surface area contributed by atoms with Gasteiger partial charge in [-0.2, -0.15) is 0 Å². The fraction of sp³-hybridized carbons (Fsp3) is 0.154. The number of aromatic nitrogens is 1. The monoisotopic (exact) mass is 279 g/mol. The van der Waals surface area contributed by atoms with Gasteiger partial charge < -0.3 is 0 Å². The second-order valence-corrected chi connectivity index (χ2v) is 5.59. The molecule has 0 aliphatic heterocycles. The van der Waals surface area contributed by atoms with Gasteiger partial charge in [-0.1, -0.05) is 0 Å². The van der Waals surface area contributed by atoms with Crippen molar-refractivity contribution in [2.24, 2.45) is 0 Å². The van der Waals surface area contributed by atoms with Gasteiger partial charge in [-0.3, -0.25) is 0 Å². The number of hydrogen-bond acceptors (Lipinski definition) is 2. The summed E-state index contributed by atoms with van der Waals surface area (Å²) in [4.78, 5) is 4.26. The number of aliphatic hydroxyl groups excluding tert-OH is 1. The van der Waals surface area contributed by atoms with Gasteiger partial charge in [0.2, 0.25) is 0 Å². The molecule has 0 saturated heterocycles. The molecule has 0 aliphatic carbocycles. The van der Waals surface area contributed by atoms with Gasteiger partial charge in [-0.25, -0.2) is 0 Å². The van der Waals surface area contributed by atoms with Gasteiger partial charge in [0.1, 0.15) is 0 Å². The summed E-state index contributed by atoms with van der Waals surface area (Å²) in [6.45, 7) is 0. The van der Waals surface area contributed by atoms with Crippen LogP contribution >= 0.6 is 0 Å². The predicted molar refractivity (Wildman–Crippen MR) is 65.8 cm³/mol. The average Bonchev–Trinajstić information content (AvgIpc) is 2.38. The molecule has 2 rings (SSSR count). The molecular formula is C13H13NOSe. The molecule has 0 aliphatic rings. The van der Waals surface area contributed by atoms with Gasteiger partial charge in [-0.15, -0.1) is 0 Å². The Morgan fingerprint density at radius 3 is 2.50 bits per heavy atom. The summed E-state index contributed by atoms with van der Waals surface area (Å²) in [5, 5.41) is 10.7. The summed E-state index contributed by atoms with van der Waals surface area (Å²) in [5.41, 5.74) is 0.986. The van der Waals surface area contributed by atoms with Crippen LogP contribution < -0.4 is 4.59 Å². The number of aliphatic hydroxyl groups is 1. The minimum atomic E-state index is -0.372. The van der Waals surface area contributed by atoms with E-state index in [1.165, 1.54) is 0 Å². The first-order chi connectivity index (χ1) is 7.86. The molecule has 0 radical (unpaired) electrons. The fourth-order valence-corrected chi connectivity index (χ4v) is 3.11. The number of pyridine rings is 1. The molecule has 2 aromatic rings. The van der Waals surface area contributed by atoms with Crippen LogP contribution in [0.5, 0.6) is 0 Å².